The summed E-state index contributed by atoms with van der Waals surface area (Å²) in [6.45, 7) is 0. The van der Waals surface area contributed by atoms with Gasteiger partial charge in [0.1, 0.15) is 4.60 Å². The van der Waals surface area contributed by atoms with Crippen LogP contribution in [0.1, 0.15) is 0 Å². The minimum absolute atomic E-state index is 0.250. The fourth-order valence-corrected chi connectivity index (χ4v) is 0.613. The molecular weight excluding hydrogens is 196 g/mol. The van der Waals surface area contributed by atoms with Crippen LogP contribution in [0.25, 0.3) is 0 Å². The topological polar surface area (TPSA) is 56.0 Å². The molecule has 10 heavy (non-hydrogen) atoms. The van der Waals surface area contributed by atoms with Gasteiger partial charge in [0.05, 0.1) is 0 Å². The quantitative estimate of drug-likeness (QED) is 0.504. The SMILES string of the molecule is Brc1ccccn1.NC=O. The fraction of sp³-hybridized carbons (Fsp3) is 0. The number of carbonyl (C=O) groups excluding carboxylic acids is 1. The normalized spacial score (nSPS) is 7.30. The lowest BCUT2D eigenvalue weighted by Crippen LogP contribution is -1.82. The molecule has 1 aromatic rings. The Bertz CT molecular complexity index is 178. The van der Waals surface area contributed by atoms with Crippen molar-refractivity contribution in [1.29, 1.82) is 0 Å². The third-order valence-electron chi connectivity index (χ3n) is 0.629. The van der Waals surface area contributed by atoms with Gasteiger partial charge in [-0.05, 0) is 28.1 Å². The summed E-state index contributed by atoms with van der Waals surface area (Å²) in [4.78, 5) is 12.5. The molecule has 0 bridgehead atoms. The van der Waals surface area contributed by atoms with Crippen molar-refractivity contribution in [3.63, 3.8) is 0 Å². The van der Waals surface area contributed by atoms with Crippen molar-refractivity contribution in [2.45, 2.75) is 0 Å². The van der Waals surface area contributed by atoms with Crippen molar-refractivity contribution >= 4 is 22.3 Å². The number of pyridine rings is 1. The summed E-state index contributed by atoms with van der Waals surface area (Å²) in [7, 11) is 0. The first-order valence-electron chi connectivity index (χ1n) is 2.53. The Balaban J connectivity index is 0.000000236. The lowest BCUT2D eigenvalue weighted by atomic mass is 10.5. The average molecular weight is 203 g/mol. The summed E-state index contributed by atoms with van der Waals surface area (Å²) >= 11 is 3.20. The lowest BCUT2D eigenvalue weighted by Gasteiger charge is -1.80. The Morgan fingerprint density at radius 3 is 2.40 bits per heavy atom. The van der Waals surface area contributed by atoms with E-state index in [1.54, 1.807) is 6.20 Å². The number of hydrogen-bond acceptors (Lipinski definition) is 2. The number of nitrogens with two attached hydrogens (primary N) is 1. The number of rotatable bonds is 0. The molecule has 0 saturated carbocycles. The molecule has 0 aromatic carbocycles. The van der Waals surface area contributed by atoms with Crippen LogP contribution in [0.15, 0.2) is 29.0 Å². The highest BCUT2D eigenvalue weighted by atomic mass is 79.9. The monoisotopic (exact) mass is 202 g/mol. The van der Waals surface area contributed by atoms with Gasteiger partial charge in [-0.3, -0.25) is 4.79 Å². The summed E-state index contributed by atoms with van der Waals surface area (Å²) < 4.78 is 0.884. The summed E-state index contributed by atoms with van der Waals surface area (Å²) in [5.41, 5.74) is 4.17. The molecule has 0 unspecified atom stereocenters. The van der Waals surface area contributed by atoms with Gasteiger partial charge in [-0.1, -0.05) is 6.07 Å². The van der Waals surface area contributed by atoms with E-state index in [9.17, 15) is 0 Å². The van der Waals surface area contributed by atoms with Gasteiger partial charge in [-0.25, -0.2) is 4.98 Å². The maximum Gasteiger partial charge on any atom is 0.204 e. The maximum atomic E-state index is 8.58. The van der Waals surface area contributed by atoms with Crippen molar-refractivity contribution < 1.29 is 4.79 Å². The van der Waals surface area contributed by atoms with Gasteiger partial charge in [0, 0.05) is 6.20 Å². The number of nitrogens with zero attached hydrogens (tertiary/aromatic N) is 1. The molecule has 0 aliphatic heterocycles. The summed E-state index contributed by atoms with van der Waals surface area (Å²) in [5, 5.41) is 0. The smallest absolute Gasteiger partial charge is 0.204 e. The minimum atomic E-state index is 0.250. The van der Waals surface area contributed by atoms with Crippen LogP contribution in [0, 0.1) is 0 Å². The number of primary amides is 1. The standard InChI is InChI=1S/C5H4BrN.CH3NO/c6-5-3-1-2-4-7-5;2-1-3/h1-4H;1H,(H2,2,3). The second-order valence-corrected chi connectivity index (χ2v) is 2.10. The van der Waals surface area contributed by atoms with Crippen LogP contribution in [0.2, 0.25) is 0 Å². The third kappa shape index (κ3) is 5.24. The fourth-order valence-electron chi connectivity index (χ4n) is 0.342. The van der Waals surface area contributed by atoms with Crippen LogP contribution in [-0.4, -0.2) is 11.4 Å². The minimum Gasteiger partial charge on any atom is -0.372 e. The Hall–Kier alpha value is -0.900. The van der Waals surface area contributed by atoms with Crippen molar-refractivity contribution in [2.24, 2.45) is 5.73 Å². The molecule has 0 fully saturated rings. The molecule has 0 radical (unpaired) electrons. The molecule has 4 heteroatoms. The molecule has 0 aliphatic carbocycles. The molecule has 0 saturated heterocycles. The van der Waals surface area contributed by atoms with E-state index in [-0.39, 0.29) is 6.41 Å². The number of amides is 1. The van der Waals surface area contributed by atoms with Gasteiger partial charge < -0.3 is 5.73 Å². The van der Waals surface area contributed by atoms with Crippen molar-refractivity contribution in [3.8, 4) is 0 Å². The molecular formula is C6H7BrN2O. The lowest BCUT2D eigenvalue weighted by molar-refractivity contribution is -0.106. The Morgan fingerprint density at radius 2 is 2.20 bits per heavy atom. The zero-order valence-electron chi connectivity index (χ0n) is 5.20. The van der Waals surface area contributed by atoms with Gasteiger partial charge in [0.2, 0.25) is 6.41 Å². The number of carbonyl (C=O) groups is 1. The number of aromatic nitrogens is 1. The van der Waals surface area contributed by atoms with Crippen LogP contribution < -0.4 is 5.73 Å². The second-order valence-electron chi connectivity index (χ2n) is 1.29. The molecule has 2 N–H and O–H groups in total. The van der Waals surface area contributed by atoms with E-state index in [1.165, 1.54) is 0 Å². The molecule has 1 amide bonds. The third-order valence-corrected chi connectivity index (χ3v) is 1.10. The average Bonchev–Trinajstić information content (AvgIpc) is 1.91. The molecule has 0 spiro atoms. The molecule has 1 aromatic heterocycles. The predicted octanol–water partition coefficient (Wildman–Crippen LogP) is 0.946. The first kappa shape index (κ1) is 9.10. The number of halogens is 1. The van der Waals surface area contributed by atoms with Crippen LogP contribution in [0.4, 0.5) is 0 Å². The van der Waals surface area contributed by atoms with E-state index in [0.29, 0.717) is 0 Å². The molecule has 1 heterocycles. The van der Waals surface area contributed by atoms with E-state index >= 15 is 0 Å². The molecule has 1 rings (SSSR count). The van der Waals surface area contributed by atoms with E-state index < -0.39 is 0 Å². The van der Waals surface area contributed by atoms with Gasteiger partial charge in [0.15, 0.2) is 0 Å². The zero-order valence-corrected chi connectivity index (χ0v) is 6.78. The Labute approximate surface area is 67.4 Å². The molecule has 3 nitrogen and oxygen atoms in total. The first-order valence-corrected chi connectivity index (χ1v) is 3.32. The van der Waals surface area contributed by atoms with Crippen LogP contribution >= 0.6 is 15.9 Å². The Kier molecular flexibility index (Phi) is 5.66. The molecule has 0 aliphatic rings. The van der Waals surface area contributed by atoms with Crippen LogP contribution in [0.3, 0.4) is 0 Å². The van der Waals surface area contributed by atoms with E-state index in [0.717, 1.165) is 4.60 Å². The molecule has 0 atom stereocenters. The Morgan fingerprint density at radius 1 is 1.60 bits per heavy atom. The highest BCUT2D eigenvalue weighted by molar-refractivity contribution is 9.10. The van der Waals surface area contributed by atoms with Gasteiger partial charge >= 0.3 is 0 Å². The van der Waals surface area contributed by atoms with Crippen LogP contribution in [0.5, 0.6) is 0 Å². The van der Waals surface area contributed by atoms with E-state index in [4.69, 9.17) is 4.79 Å². The first-order chi connectivity index (χ1) is 4.81. The van der Waals surface area contributed by atoms with Gasteiger partial charge in [-0.15, -0.1) is 0 Å². The van der Waals surface area contributed by atoms with E-state index in [1.807, 2.05) is 18.2 Å². The highest BCUT2D eigenvalue weighted by Crippen LogP contribution is 2.00. The number of hydrogen-bond donors (Lipinski definition) is 1. The van der Waals surface area contributed by atoms with Crippen molar-refractivity contribution in [3.05, 3.63) is 29.0 Å². The molecule has 54 valence electrons. The van der Waals surface area contributed by atoms with Gasteiger partial charge in [-0.2, -0.15) is 0 Å². The summed E-state index contributed by atoms with van der Waals surface area (Å²) in [5.74, 6) is 0. The zero-order chi connectivity index (χ0) is 7.82. The maximum absolute atomic E-state index is 8.58. The van der Waals surface area contributed by atoms with E-state index in [2.05, 4.69) is 26.6 Å². The summed E-state index contributed by atoms with van der Waals surface area (Å²) in [6.07, 6.45) is 1.99. The van der Waals surface area contributed by atoms with Crippen molar-refractivity contribution in [2.75, 3.05) is 0 Å². The largest absolute Gasteiger partial charge is 0.372 e. The summed E-state index contributed by atoms with van der Waals surface area (Å²) in [6, 6.07) is 5.70. The van der Waals surface area contributed by atoms with Crippen molar-refractivity contribution in [1.82, 2.24) is 4.98 Å². The second kappa shape index (κ2) is 6.22. The van der Waals surface area contributed by atoms with Crippen LogP contribution in [-0.2, 0) is 4.79 Å². The highest BCUT2D eigenvalue weighted by Gasteiger charge is 1.75. The van der Waals surface area contributed by atoms with Gasteiger partial charge in [0.25, 0.3) is 0 Å². The predicted molar refractivity (Wildman–Crippen MR) is 42.2 cm³/mol.